The van der Waals surface area contributed by atoms with Crippen LogP contribution in [0.25, 0.3) is 0 Å². The summed E-state index contributed by atoms with van der Waals surface area (Å²) in [5, 5.41) is 0. The van der Waals surface area contributed by atoms with Crippen LogP contribution in [0.5, 0.6) is 0 Å². The van der Waals surface area contributed by atoms with Gasteiger partial charge in [-0.1, -0.05) is 37.3 Å². The molecular formula is C17H27ClN2O2. The normalized spacial score (nSPS) is 23.3. The molecule has 1 heterocycles. The SMILES string of the molecule is CC1CN(C(=O)C(C)C(N)c2ccccc2)CC(C)(C)O1.Cl. The van der Waals surface area contributed by atoms with Crippen LogP contribution in [-0.2, 0) is 9.53 Å². The zero-order chi connectivity index (χ0) is 15.6. The molecular weight excluding hydrogens is 300 g/mol. The lowest BCUT2D eigenvalue weighted by molar-refractivity contribution is -0.161. The molecule has 1 aromatic rings. The van der Waals surface area contributed by atoms with Gasteiger partial charge < -0.3 is 15.4 Å². The van der Waals surface area contributed by atoms with Crippen molar-refractivity contribution in [3.05, 3.63) is 35.9 Å². The van der Waals surface area contributed by atoms with E-state index in [0.29, 0.717) is 13.1 Å². The van der Waals surface area contributed by atoms with E-state index in [4.69, 9.17) is 10.5 Å². The maximum Gasteiger partial charge on any atom is 0.227 e. The van der Waals surface area contributed by atoms with Gasteiger partial charge in [0.05, 0.1) is 17.6 Å². The number of benzene rings is 1. The maximum absolute atomic E-state index is 12.7. The van der Waals surface area contributed by atoms with Crippen molar-refractivity contribution in [1.29, 1.82) is 0 Å². The van der Waals surface area contributed by atoms with E-state index in [1.165, 1.54) is 0 Å². The summed E-state index contributed by atoms with van der Waals surface area (Å²) >= 11 is 0. The average molecular weight is 327 g/mol. The molecule has 22 heavy (non-hydrogen) atoms. The van der Waals surface area contributed by atoms with E-state index in [2.05, 4.69) is 0 Å². The Morgan fingerprint density at radius 2 is 1.95 bits per heavy atom. The first-order valence-electron chi connectivity index (χ1n) is 7.57. The molecule has 1 fully saturated rings. The molecule has 1 amide bonds. The van der Waals surface area contributed by atoms with E-state index in [1.807, 2.05) is 62.9 Å². The second kappa shape index (κ2) is 7.44. The summed E-state index contributed by atoms with van der Waals surface area (Å²) in [7, 11) is 0. The van der Waals surface area contributed by atoms with Crippen molar-refractivity contribution >= 4 is 18.3 Å². The van der Waals surface area contributed by atoms with Crippen LogP contribution in [0.15, 0.2) is 30.3 Å². The van der Waals surface area contributed by atoms with Crippen molar-refractivity contribution < 1.29 is 9.53 Å². The first kappa shape index (κ1) is 18.9. The van der Waals surface area contributed by atoms with Crippen LogP contribution in [0.4, 0.5) is 0 Å². The van der Waals surface area contributed by atoms with Crippen molar-refractivity contribution in [3.63, 3.8) is 0 Å². The minimum atomic E-state index is -0.302. The second-order valence-corrected chi connectivity index (χ2v) is 6.63. The second-order valence-electron chi connectivity index (χ2n) is 6.63. The number of halogens is 1. The van der Waals surface area contributed by atoms with Gasteiger partial charge in [0.2, 0.25) is 5.91 Å². The van der Waals surface area contributed by atoms with Gasteiger partial charge in [0.25, 0.3) is 0 Å². The Bertz CT molecular complexity index is 493. The van der Waals surface area contributed by atoms with Crippen molar-refractivity contribution in [3.8, 4) is 0 Å². The van der Waals surface area contributed by atoms with Gasteiger partial charge in [-0.3, -0.25) is 4.79 Å². The highest BCUT2D eigenvalue weighted by molar-refractivity contribution is 5.85. The molecule has 3 atom stereocenters. The molecule has 0 aromatic heterocycles. The third-order valence-corrected chi connectivity index (χ3v) is 3.99. The molecule has 2 rings (SSSR count). The molecule has 0 saturated carbocycles. The summed E-state index contributed by atoms with van der Waals surface area (Å²) in [4.78, 5) is 14.6. The van der Waals surface area contributed by atoms with Crippen LogP contribution in [-0.4, -0.2) is 35.6 Å². The number of carbonyl (C=O) groups excluding carboxylic acids is 1. The summed E-state index contributed by atoms with van der Waals surface area (Å²) in [6.07, 6.45) is 0.0536. The number of amides is 1. The van der Waals surface area contributed by atoms with Gasteiger partial charge in [-0.05, 0) is 26.3 Å². The number of carbonyl (C=O) groups is 1. The Kier molecular flexibility index (Phi) is 6.41. The minimum absolute atomic E-state index is 0. The zero-order valence-corrected chi connectivity index (χ0v) is 14.6. The molecule has 0 bridgehead atoms. The van der Waals surface area contributed by atoms with Crippen LogP contribution in [0.1, 0.15) is 39.3 Å². The van der Waals surface area contributed by atoms with Crippen LogP contribution < -0.4 is 5.73 Å². The van der Waals surface area contributed by atoms with E-state index < -0.39 is 0 Å². The van der Waals surface area contributed by atoms with Crippen molar-refractivity contribution in [1.82, 2.24) is 4.90 Å². The number of nitrogens with two attached hydrogens (primary N) is 1. The van der Waals surface area contributed by atoms with Gasteiger partial charge in [-0.25, -0.2) is 0 Å². The van der Waals surface area contributed by atoms with E-state index in [-0.39, 0.29) is 42.0 Å². The summed E-state index contributed by atoms with van der Waals surface area (Å²) < 4.78 is 5.85. The molecule has 4 nitrogen and oxygen atoms in total. The van der Waals surface area contributed by atoms with Crippen molar-refractivity contribution in [2.24, 2.45) is 11.7 Å². The van der Waals surface area contributed by atoms with Crippen LogP contribution >= 0.6 is 12.4 Å². The van der Waals surface area contributed by atoms with Crippen molar-refractivity contribution in [2.45, 2.75) is 45.4 Å². The Balaban J connectivity index is 0.00000242. The lowest BCUT2D eigenvalue weighted by Crippen LogP contribution is -2.55. The molecule has 1 aliphatic heterocycles. The third kappa shape index (κ3) is 4.45. The third-order valence-electron chi connectivity index (χ3n) is 3.99. The number of rotatable bonds is 3. The highest BCUT2D eigenvalue weighted by atomic mass is 35.5. The first-order chi connectivity index (χ1) is 9.80. The first-order valence-corrected chi connectivity index (χ1v) is 7.57. The van der Waals surface area contributed by atoms with E-state index in [0.717, 1.165) is 5.56 Å². The average Bonchev–Trinajstić information content (AvgIpc) is 2.43. The van der Waals surface area contributed by atoms with Crippen molar-refractivity contribution in [2.75, 3.05) is 13.1 Å². The lowest BCUT2D eigenvalue weighted by Gasteiger charge is -2.43. The number of hydrogen-bond acceptors (Lipinski definition) is 3. The summed E-state index contributed by atoms with van der Waals surface area (Å²) in [6, 6.07) is 9.52. The van der Waals surface area contributed by atoms with Gasteiger partial charge in [0, 0.05) is 19.1 Å². The fourth-order valence-corrected chi connectivity index (χ4v) is 3.03. The number of nitrogens with zero attached hydrogens (tertiary/aromatic N) is 1. The quantitative estimate of drug-likeness (QED) is 0.929. The molecule has 5 heteroatoms. The molecule has 0 aliphatic carbocycles. The fraction of sp³-hybridized carbons (Fsp3) is 0.588. The zero-order valence-electron chi connectivity index (χ0n) is 13.8. The molecule has 1 saturated heterocycles. The van der Waals surface area contributed by atoms with E-state index in [1.54, 1.807) is 0 Å². The Hall–Kier alpha value is -1.10. The Labute approximate surface area is 139 Å². The van der Waals surface area contributed by atoms with E-state index in [9.17, 15) is 4.79 Å². The molecule has 3 unspecified atom stereocenters. The molecule has 124 valence electrons. The van der Waals surface area contributed by atoms with E-state index >= 15 is 0 Å². The Morgan fingerprint density at radius 3 is 2.50 bits per heavy atom. The number of morpholine rings is 1. The predicted molar refractivity (Wildman–Crippen MR) is 91.0 cm³/mol. The maximum atomic E-state index is 12.7. The minimum Gasteiger partial charge on any atom is -0.369 e. The standard InChI is InChI=1S/C17H26N2O2.ClH/c1-12-10-19(11-17(3,4)21-12)16(20)13(2)15(18)14-8-6-5-7-9-14;/h5-9,12-13,15H,10-11,18H2,1-4H3;1H. The predicted octanol–water partition coefficient (Wildman–Crippen LogP) is 2.77. The van der Waals surface area contributed by atoms with Gasteiger partial charge in [-0.15, -0.1) is 12.4 Å². The lowest BCUT2D eigenvalue weighted by atomic mass is 9.93. The molecule has 0 radical (unpaired) electrons. The fourth-order valence-electron chi connectivity index (χ4n) is 3.03. The van der Waals surface area contributed by atoms with Gasteiger partial charge in [0.15, 0.2) is 0 Å². The highest BCUT2D eigenvalue weighted by Crippen LogP contribution is 2.26. The number of hydrogen-bond donors (Lipinski definition) is 1. The summed E-state index contributed by atoms with van der Waals surface area (Å²) in [6.45, 7) is 9.20. The van der Waals surface area contributed by atoms with Crippen LogP contribution in [0, 0.1) is 5.92 Å². The largest absolute Gasteiger partial charge is 0.369 e. The van der Waals surface area contributed by atoms with Crippen LogP contribution in [0.2, 0.25) is 0 Å². The molecule has 2 N–H and O–H groups in total. The van der Waals surface area contributed by atoms with Gasteiger partial charge >= 0.3 is 0 Å². The Morgan fingerprint density at radius 1 is 1.36 bits per heavy atom. The molecule has 0 spiro atoms. The van der Waals surface area contributed by atoms with Crippen LogP contribution in [0.3, 0.4) is 0 Å². The van der Waals surface area contributed by atoms with Gasteiger partial charge in [0.1, 0.15) is 0 Å². The monoisotopic (exact) mass is 326 g/mol. The summed E-state index contributed by atoms with van der Waals surface area (Å²) in [5.74, 6) is -0.136. The summed E-state index contributed by atoms with van der Waals surface area (Å²) in [5.41, 5.74) is 6.97. The smallest absolute Gasteiger partial charge is 0.227 e. The molecule has 1 aliphatic rings. The molecule has 1 aromatic carbocycles. The highest BCUT2D eigenvalue weighted by Gasteiger charge is 2.36. The number of ether oxygens (including phenoxy) is 1. The van der Waals surface area contributed by atoms with Gasteiger partial charge in [-0.2, -0.15) is 0 Å². The topological polar surface area (TPSA) is 55.6 Å².